The maximum Gasteiger partial charge on any atom is 0.307 e. The summed E-state index contributed by atoms with van der Waals surface area (Å²) >= 11 is 3.53. The lowest BCUT2D eigenvalue weighted by atomic mass is 9.97. The zero-order valence-electron chi connectivity index (χ0n) is 9.09. The highest BCUT2D eigenvalue weighted by molar-refractivity contribution is 9.10. The van der Waals surface area contributed by atoms with Crippen LogP contribution in [0.3, 0.4) is 0 Å². The van der Waals surface area contributed by atoms with E-state index in [1.807, 2.05) is 0 Å². The van der Waals surface area contributed by atoms with Crippen molar-refractivity contribution in [2.24, 2.45) is 0 Å². The monoisotopic (exact) mass is 298 g/mol. The SMILES string of the molecule is O=C(O)Cc1c2c(c(Br)c3c1OCC3)OCC2. The normalized spacial score (nSPS) is 16.1. The quantitative estimate of drug-likeness (QED) is 0.907. The highest BCUT2D eigenvalue weighted by Crippen LogP contribution is 2.47. The average Bonchev–Trinajstić information content (AvgIpc) is 2.92. The molecule has 1 N–H and O–H groups in total. The molecule has 0 saturated carbocycles. The lowest BCUT2D eigenvalue weighted by molar-refractivity contribution is -0.136. The van der Waals surface area contributed by atoms with Gasteiger partial charge in [0.05, 0.1) is 24.1 Å². The van der Waals surface area contributed by atoms with Crippen LogP contribution in [0, 0.1) is 0 Å². The summed E-state index contributed by atoms with van der Waals surface area (Å²) in [5.74, 6) is 0.730. The minimum absolute atomic E-state index is 0.00130. The molecule has 2 aliphatic rings. The maximum absolute atomic E-state index is 10.9. The van der Waals surface area contributed by atoms with E-state index in [-0.39, 0.29) is 6.42 Å². The molecule has 5 heteroatoms. The molecule has 0 aliphatic carbocycles. The molecule has 90 valence electrons. The van der Waals surface area contributed by atoms with Crippen LogP contribution in [-0.2, 0) is 24.1 Å². The summed E-state index contributed by atoms with van der Waals surface area (Å²) in [6.07, 6.45) is 1.56. The number of fused-ring (bicyclic) bond motifs is 2. The summed E-state index contributed by atoms with van der Waals surface area (Å²) in [6, 6.07) is 0. The van der Waals surface area contributed by atoms with Crippen LogP contribution in [0.4, 0.5) is 0 Å². The Bertz CT molecular complexity index is 475. The molecule has 0 fully saturated rings. The van der Waals surface area contributed by atoms with Gasteiger partial charge in [-0.1, -0.05) is 0 Å². The number of rotatable bonds is 2. The molecule has 0 radical (unpaired) electrons. The minimum atomic E-state index is -0.834. The first-order chi connectivity index (χ1) is 8.18. The number of benzene rings is 1. The maximum atomic E-state index is 10.9. The van der Waals surface area contributed by atoms with Crippen molar-refractivity contribution in [2.45, 2.75) is 19.3 Å². The molecule has 0 spiro atoms. The van der Waals surface area contributed by atoms with E-state index in [1.165, 1.54) is 0 Å². The van der Waals surface area contributed by atoms with Crippen LogP contribution >= 0.6 is 15.9 Å². The third-order valence-electron chi connectivity index (χ3n) is 3.18. The Balaban J connectivity index is 2.22. The van der Waals surface area contributed by atoms with Crippen LogP contribution in [-0.4, -0.2) is 24.3 Å². The van der Waals surface area contributed by atoms with Gasteiger partial charge in [0.2, 0.25) is 0 Å². The molecule has 4 nitrogen and oxygen atoms in total. The van der Waals surface area contributed by atoms with E-state index >= 15 is 0 Å². The predicted molar refractivity (Wildman–Crippen MR) is 63.9 cm³/mol. The number of aliphatic carboxylic acids is 1. The molecular weight excluding hydrogens is 288 g/mol. The van der Waals surface area contributed by atoms with Gasteiger partial charge in [0, 0.05) is 29.5 Å². The van der Waals surface area contributed by atoms with Crippen LogP contribution in [0.1, 0.15) is 16.7 Å². The number of hydrogen-bond acceptors (Lipinski definition) is 3. The smallest absolute Gasteiger partial charge is 0.307 e. The van der Waals surface area contributed by atoms with E-state index in [4.69, 9.17) is 14.6 Å². The Kier molecular flexibility index (Phi) is 2.50. The lowest BCUT2D eigenvalue weighted by Crippen LogP contribution is -2.05. The van der Waals surface area contributed by atoms with Gasteiger partial charge in [-0.25, -0.2) is 0 Å². The van der Waals surface area contributed by atoms with E-state index < -0.39 is 5.97 Å². The summed E-state index contributed by atoms with van der Waals surface area (Å²) in [4.78, 5) is 10.9. The van der Waals surface area contributed by atoms with Crippen LogP contribution in [0.25, 0.3) is 0 Å². The summed E-state index contributed by atoms with van der Waals surface area (Å²) in [5.41, 5.74) is 2.82. The highest BCUT2D eigenvalue weighted by atomic mass is 79.9. The lowest BCUT2D eigenvalue weighted by Gasteiger charge is -2.13. The number of carboxylic acid groups (broad SMARTS) is 1. The Morgan fingerprint density at radius 3 is 2.53 bits per heavy atom. The van der Waals surface area contributed by atoms with Crippen LogP contribution in [0.15, 0.2) is 4.47 Å². The van der Waals surface area contributed by atoms with Gasteiger partial charge in [-0.3, -0.25) is 4.79 Å². The van der Waals surface area contributed by atoms with Gasteiger partial charge in [-0.15, -0.1) is 0 Å². The number of halogens is 1. The first-order valence-electron chi connectivity index (χ1n) is 5.52. The molecule has 0 aromatic heterocycles. The van der Waals surface area contributed by atoms with E-state index in [1.54, 1.807) is 0 Å². The molecule has 0 bridgehead atoms. The number of carbonyl (C=O) groups is 1. The van der Waals surface area contributed by atoms with Gasteiger partial charge in [0.1, 0.15) is 11.5 Å². The molecule has 2 aliphatic heterocycles. The summed E-state index contributed by atoms with van der Waals surface area (Å²) in [6.45, 7) is 1.23. The Hall–Kier alpha value is -1.23. The minimum Gasteiger partial charge on any atom is -0.493 e. The van der Waals surface area contributed by atoms with Gasteiger partial charge in [0.15, 0.2) is 0 Å². The standard InChI is InChI=1S/C12H11BrO4/c13-10-7-2-4-16-11(7)8(5-9(14)15)6-1-3-17-12(6)10/h1-5H2,(H,14,15). The molecule has 1 aromatic carbocycles. The fraction of sp³-hybridized carbons (Fsp3) is 0.417. The summed E-state index contributed by atoms with van der Waals surface area (Å²) in [7, 11) is 0. The van der Waals surface area contributed by atoms with Gasteiger partial charge < -0.3 is 14.6 Å². The van der Waals surface area contributed by atoms with Crippen molar-refractivity contribution < 1.29 is 19.4 Å². The molecule has 3 rings (SSSR count). The van der Waals surface area contributed by atoms with Gasteiger partial charge in [-0.2, -0.15) is 0 Å². The molecule has 0 saturated heterocycles. The second-order valence-electron chi connectivity index (χ2n) is 4.18. The van der Waals surface area contributed by atoms with Crippen LogP contribution < -0.4 is 9.47 Å². The van der Waals surface area contributed by atoms with Crippen molar-refractivity contribution >= 4 is 21.9 Å². The Morgan fingerprint density at radius 2 is 1.82 bits per heavy atom. The van der Waals surface area contributed by atoms with Crippen molar-refractivity contribution in [1.29, 1.82) is 0 Å². The zero-order chi connectivity index (χ0) is 12.0. The van der Waals surface area contributed by atoms with Gasteiger partial charge in [-0.05, 0) is 15.9 Å². The van der Waals surface area contributed by atoms with Gasteiger partial charge >= 0.3 is 5.97 Å². The van der Waals surface area contributed by atoms with E-state index in [0.29, 0.717) is 13.2 Å². The first kappa shape index (κ1) is 10.9. The van der Waals surface area contributed by atoms with Crippen molar-refractivity contribution in [2.75, 3.05) is 13.2 Å². The largest absolute Gasteiger partial charge is 0.493 e. The molecule has 1 aromatic rings. The van der Waals surface area contributed by atoms with Crippen molar-refractivity contribution in [3.05, 3.63) is 21.2 Å². The summed E-state index contributed by atoms with van der Waals surface area (Å²) in [5, 5.41) is 8.99. The van der Waals surface area contributed by atoms with Gasteiger partial charge in [0.25, 0.3) is 0 Å². The molecule has 0 unspecified atom stereocenters. The fourth-order valence-electron chi connectivity index (χ4n) is 2.49. The molecule has 2 heterocycles. The fourth-order valence-corrected chi connectivity index (χ4v) is 3.22. The molecule has 0 atom stereocenters. The predicted octanol–water partition coefficient (Wildman–Crippen LogP) is 1.95. The summed E-state index contributed by atoms with van der Waals surface area (Å²) < 4.78 is 12.1. The van der Waals surface area contributed by atoms with Crippen molar-refractivity contribution in [1.82, 2.24) is 0 Å². The van der Waals surface area contributed by atoms with Crippen LogP contribution in [0.2, 0.25) is 0 Å². The second-order valence-corrected chi connectivity index (χ2v) is 4.97. The van der Waals surface area contributed by atoms with Crippen molar-refractivity contribution in [3.63, 3.8) is 0 Å². The zero-order valence-corrected chi connectivity index (χ0v) is 10.7. The molecule has 17 heavy (non-hydrogen) atoms. The Morgan fingerprint density at radius 1 is 1.18 bits per heavy atom. The van der Waals surface area contributed by atoms with E-state index in [2.05, 4.69) is 15.9 Å². The highest BCUT2D eigenvalue weighted by Gasteiger charge is 2.31. The average molecular weight is 299 g/mol. The van der Waals surface area contributed by atoms with E-state index in [0.717, 1.165) is 45.5 Å². The second kappa shape index (κ2) is 3.91. The molecular formula is C12H11BrO4. The number of carboxylic acids is 1. The van der Waals surface area contributed by atoms with E-state index in [9.17, 15) is 4.79 Å². The third kappa shape index (κ3) is 1.60. The Labute approximate surface area is 107 Å². The van der Waals surface area contributed by atoms with Crippen molar-refractivity contribution in [3.8, 4) is 11.5 Å². The first-order valence-corrected chi connectivity index (χ1v) is 6.31. The third-order valence-corrected chi connectivity index (χ3v) is 4.01. The molecule has 0 amide bonds. The topological polar surface area (TPSA) is 55.8 Å². The number of hydrogen-bond donors (Lipinski definition) is 1. The number of ether oxygens (including phenoxy) is 2. The van der Waals surface area contributed by atoms with Crippen LogP contribution in [0.5, 0.6) is 11.5 Å².